The lowest BCUT2D eigenvalue weighted by Crippen LogP contribution is -2.45. The molecule has 0 radical (unpaired) electrons. The van der Waals surface area contributed by atoms with Crippen molar-refractivity contribution in [2.75, 3.05) is 26.4 Å². The van der Waals surface area contributed by atoms with E-state index in [0.717, 1.165) is 0 Å². The number of hydrogen-bond donors (Lipinski definition) is 1. The standard InChI is InChI=1S/C12H20N2O3/c1-3-17-10(2)8-14-11(15)12(9-13)4-6-16-7-5-12/h10H,3-8H2,1-2H3,(H,14,15). The molecule has 0 aliphatic carbocycles. The molecule has 0 aromatic rings. The van der Waals surface area contributed by atoms with Crippen LogP contribution in [0, 0.1) is 16.7 Å². The number of nitrogens with one attached hydrogen (secondary N) is 1. The second-order valence-corrected chi connectivity index (χ2v) is 4.28. The first kappa shape index (κ1) is 13.9. The smallest absolute Gasteiger partial charge is 0.240 e. The molecule has 1 heterocycles. The number of ether oxygens (including phenoxy) is 2. The van der Waals surface area contributed by atoms with Gasteiger partial charge in [0.2, 0.25) is 5.91 Å². The van der Waals surface area contributed by atoms with Crippen molar-refractivity contribution in [2.24, 2.45) is 5.41 Å². The van der Waals surface area contributed by atoms with E-state index in [9.17, 15) is 10.1 Å². The van der Waals surface area contributed by atoms with Gasteiger partial charge >= 0.3 is 0 Å². The average Bonchev–Trinajstić information content (AvgIpc) is 2.37. The molecule has 96 valence electrons. The first-order valence-corrected chi connectivity index (χ1v) is 6.03. The third kappa shape index (κ3) is 3.69. The Hall–Kier alpha value is -1.12. The van der Waals surface area contributed by atoms with Crippen molar-refractivity contribution in [3.8, 4) is 6.07 Å². The quantitative estimate of drug-likeness (QED) is 0.773. The van der Waals surface area contributed by atoms with Crippen molar-refractivity contribution in [3.05, 3.63) is 0 Å². The topological polar surface area (TPSA) is 71.3 Å². The Labute approximate surface area is 102 Å². The van der Waals surface area contributed by atoms with E-state index in [4.69, 9.17) is 9.47 Å². The molecule has 0 aromatic carbocycles. The van der Waals surface area contributed by atoms with Crippen LogP contribution in [-0.2, 0) is 14.3 Å². The molecule has 1 atom stereocenters. The third-order valence-corrected chi connectivity index (χ3v) is 3.00. The maximum atomic E-state index is 12.0. The Morgan fingerprint density at radius 1 is 1.59 bits per heavy atom. The highest BCUT2D eigenvalue weighted by Crippen LogP contribution is 2.29. The predicted octanol–water partition coefficient (Wildman–Crippen LogP) is 0.848. The summed E-state index contributed by atoms with van der Waals surface area (Å²) in [6.45, 7) is 5.82. The molecule has 0 spiro atoms. The maximum absolute atomic E-state index is 12.0. The molecule has 1 amide bonds. The van der Waals surface area contributed by atoms with Crippen LogP contribution in [-0.4, -0.2) is 38.4 Å². The fraction of sp³-hybridized carbons (Fsp3) is 0.833. The van der Waals surface area contributed by atoms with Crippen LogP contribution in [0.15, 0.2) is 0 Å². The zero-order valence-corrected chi connectivity index (χ0v) is 10.5. The van der Waals surface area contributed by atoms with Gasteiger partial charge in [0.05, 0.1) is 12.2 Å². The Kier molecular flexibility index (Phi) is 5.39. The fourth-order valence-electron chi connectivity index (χ4n) is 1.86. The molecule has 5 nitrogen and oxygen atoms in total. The molecule has 1 N–H and O–H groups in total. The highest BCUT2D eigenvalue weighted by molar-refractivity contribution is 5.85. The number of amides is 1. The molecular weight excluding hydrogens is 220 g/mol. The largest absolute Gasteiger partial charge is 0.381 e. The van der Waals surface area contributed by atoms with Crippen LogP contribution in [0.2, 0.25) is 0 Å². The summed E-state index contributed by atoms with van der Waals surface area (Å²) in [5, 5.41) is 12.0. The van der Waals surface area contributed by atoms with Crippen molar-refractivity contribution < 1.29 is 14.3 Å². The van der Waals surface area contributed by atoms with E-state index < -0.39 is 5.41 Å². The molecule has 1 aliphatic rings. The lowest BCUT2D eigenvalue weighted by atomic mass is 9.81. The lowest BCUT2D eigenvalue weighted by Gasteiger charge is -2.29. The molecule has 1 aliphatic heterocycles. The molecule has 0 aromatic heterocycles. The Bertz CT molecular complexity index is 293. The van der Waals surface area contributed by atoms with Crippen molar-refractivity contribution in [3.63, 3.8) is 0 Å². The van der Waals surface area contributed by atoms with E-state index in [-0.39, 0.29) is 12.0 Å². The van der Waals surface area contributed by atoms with Crippen LogP contribution in [0.3, 0.4) is 0 Å². The van der Waals surface area contributed by atoms with Crippen LogP contribution in [0.25, 0.3) is 0 Å². The van der Waals surface area contributed by atoms with Gasteiger partial charge in [0.15, 0.2) is 0 Å². The predicted molar refractivity (Wildman–Crippen MR) is 62.2 cm³/mol. The highest BCUT2D eigenvalue weighted by Gasteiger charge is 2.40. The molecular formula is C12H20N2O3. The molecule has 1 rings (SSSR count). The molecule has 5 heteroatoms. The second kappa shape index (κ2) is 6.58. The Balaban J connectivity index is 2.47. The van der Waals surface area contributed by atoms with Gasteiger partial charge in [-0.15, -0.1) is 0 Å². The van der Waals surface area contributed by atoms with Gasteiger partial charge in [-0.1, -0.05) is 0 Å². The summed E-state index contributed by atoms with van der Waals surface area (Å²) in [6, 6.07) is 2.14. The van der Waals surface area contributed by atoms with E-state index in [1.165, 1.54) is 0 Å². The first-order chi connectivity index (χ1) is 8.14. The number of hydrogen-bond acceptors (Lipinski definition) is 4. The molecule has 1 unspecified atom stereocenters. The van der Waals surface area contributed by atoms with Crippen molar-refractivity contribution in [1.82, 2.24) is 5.32 Å². The average molecular weight is 240 g/mol. The van der Waals surface area contributed by atoms with Gasteiger partial charge in [0.25, 0.3) is 0 Å². The van der Waals surface area contributed by atoms with Gasteiger partial charge in [-0.3, -0.25) is 4.79 Å². The van der Waals surface area contributed by atoms with Crippen LogP contribution in [0.5, 0.6) is 0 Å². The summed E-state index contributed by atoms with van der Waals surface area (Å²) in [5.74, 6) is -0.199. The van der Waals surface area contributed by atoms with Crippen LogP contribution in [0.4, 0.5) is 0 Å². The van der Waals surface area contributed by atoms with Gasteiger partial charge in [-0.05, 0) is 26.7 Å². The zero-order chi connectivity index (χ0) is 12.7. The highest BCUT2D eigenvalue weighted by atomic mass is 16.5. The maximum Gasteiger partial charge on any atom is 0.240 e. The molecule has 1 saturated heterocycles. The van der Waals surface area contributed by atoms with E-state index in [1.807, 2.05) is 13.8 Å². The SMILES string of the molecule is CCOC(C)CNC(=O)C1(C#N)CCOCC1. The van der Waals surface area contributed by atoms with E-state index in [1.54, 1.807) is 0 Å². The number of carbonyl (C=O) groups excluding carboxylic acids is 1. The minimum absolute atomic E-state index is 0.0282. The summed E-state index contributed by atoms with van der Waals surface area (Å²) >= 11 is 0. The normalized spacial score (nSPS) is 20.3. The Morgan fingerprint density at radius 2 is 2.24 bits per heavy atom. The first-order valence-electron chi connectivity index (χ1n) is 6.03. The zero-order valence-electron chi connectivity index (χ0n) is 10.5. The molecule has 1 fully saturated rings. The number of nitriles is 1. The molecule has 17 heavy (non-hydrogen) atoms. The van der Waals surface area contributed by atoms with Gasteiger partial charge in [0.1, 0.15) is 5.41 Å². The summed E-state index contributed by atoms with van der Waals surface area (Å²) in [7, 11) is 0. The van der Waals surface area contributed by atoms with Gasteiger partial charge in [-0.25, -0.2) is 0 Å². The monoisotopic (exact) mass is 240 g/mol. The van der Waals surface area contributed by atoms with E-state index >= 15 is 0 Å². The van der Waals surface area contributed by atoms with Crippen LogP contribution in [0.1, 0.15) is 26.7 Å². The summed E-state index contributed by atoms with van der Waals surface area (Å²) in [5.41, 5.74) is -0.913. The summed E-state index contributed by atoms with van der Waals surface area (Å²) < 4.78 is 10.5. The number of rotatable bonds is 5. The minimum atomic E-state index is -0.913. The second-order valence-electron chi connectivity index (χ2n) is 4.28. The third-order valence-electron chi connectivity index (χ3n) is 3.00. The number of carbonyl (C=O) groups is 1. The number of nitrogens with zero attached hydrogens (tertiary/aromatic N) is 1. The summed E-state index contributed by atoms with van der Waals surface area (Å²) in [6.07, 6.45) is 0.913. The van der Waals surface area contributed by atoms with Crippen molar-refractivity contribution >= 4 is 5.91 Å². The lowest BCUT2D eigenvalue weighted by molar-refractivity contribution is -0.133. The fourth-order valence-corrected chi connectivity index (χ4v) is 1.86. The molecule has 0 saturated carbocycles. The van der Waals surface area contributed by atoms with Gasteiger partial charge < -0.3 is 14.8 Å². The van der Waals surface area contributed by atoms with Gasteiger partial charge in [-0.2, -0.15) is 5.26 Å². The van der Waals surface area contributed by atoms with Crippen LogP contribution < -0.4 is 5.32 Å². The van der Waals surface area contributed by atoms with Crippen molar-refractivity contribution in [2.45, 2.75) is 32.8 Å². The van der Waals surface area contributed by atoms with E-state index in [0.29, 0.717) is 39.2 Å². The Morgan fingerprint density at radius 3 is 2.76 bits per heavy atom. The van der Waals surface area contributed by atoms with Gasteiger partial charge in [0, 0.05) is 26.4 Å². The van der Waals surface area contributed by atoms with Crippen LogP contribution >= 0.6 is 0 Å². The molecule has 0 bridgehead atoms. The van der Waals surface area contributed by atoms with E-state index in [2.05, 4.69) is 11.4 Å². The minimum Gasteiger partial charge on any atom is -0.381 e. The van der Waals surface area contributed by atoms with Crippen molar-refractivity contribution in [1.29, 1.82) is 5.26 Å². The summed E-state index contributed by atoms with van der Waals surface area (Å²) in [4.78, 5) is 12.0.